The lowest BCUT2D eigenvalue weighted by molar-refractivity contribution is -0.169. The highest BCUT2D eigenvalue weighted by molar-refractivity contribution is 5.78. The summed E-state index contributed by atoms with van der Waals surface area (Å²) in [7, 11) is 0. The van der Waals surface area contributed by atoms with Crippen LogP contribution in [-0.4, -0.2) is 44.9 Å². The van der Waals surface area contributed by atoms with E-state index in [0.29, 0.717) is 0 Å². The molecule has 0 aliphatic carbocycles. The van der Waals surface area contributed by atoms with Crippen molar-refractivity contribution in [1.29, 1.82) is 0 Å². The zero-order valence-electron chi connectivity index (χ0n) is 8.77. The molecule has 0 bridgehead atoms. The molecule has 0 radical (unpaired) electrons. The lowest BCUT2D eigenvalue weighted by atomic mass is 10.1. The molecule has 2 N–H and O–H groups in total. The second-order valence-corrected chi connectivity index (χ2v) is 3.61. The topological polar surface area (TPSA) is 50.4 Å². The maximum Gasteiger partial charge on any atom is 0.393 e. The van der Waals surface area contributed by atoms with Crippen molar-refractivity contribution in [1.82, 2.24) is 10.6 Å². The highest BCUT2D eigenvalue weighted by Gasteiger charge is 2.43. The Morgan fingerprint density at radius 2 is 1.88 bits per heavy atom. The highest BCUT2D eigenvalue weighted by atomic mass is 19.4. The van der Waals surface area contributed by atoms with E-state index in [4.69, 9.17) is 4.74 Å². The first-order valence-electron chi connectivity index (χ1n) is 5.12. The Labute approximate surface area is 91.5 Å². The Bertz CT molecular complexity index is 218. The monoisotopic (exact) mass is 240 g/mol. The van der Waals surface area contributed by atoms with Crippen LogP contribution in [0.3, 0.4) is 0 Å². The molecule has 1 amide bonds. The zero-order valence-corrected chi connectivity index (χ0v) is 8.77. The molecule has 16 heavy (non-hydrogen) atoms. The van der Waals surface area contributed by atoms with E-state index in [1.165, 1.54) is 0 Å². The summed E-state index contributed by atoms with van der Waals surface area (Å²) < 4.78 is 40.2. The first-order chi connectivity index (χ1) is 7.50. The number of amides is 1. The summed E-state index contributed by atoms with van der Waals surface area (Å²) in [5, 5.41) is 5.28. The molecular formula is C9H15F3N2O2. The van der Waals surface area contributed by atoms with Gasteiger partial charge in [-0.2, -0.15) is 13.2 Å². The molecule has 0 saturated carbocycles. The van der Waals surface area contributed by atoms with Gasteiger partial charge in [-0.3, -0.25) is 4.79 Å². The molecule has 2 fully saturated rings. The third-order valence-electron chi connectivity index (χ3n) is 2.29. The number of nitrogens with one attached hydrogen (secondary N) is 2. The zero-order chi connectivity index (χ0) is 12.0. The van der Waals surface area contributed by atoms with Crippen LogP contribution in [-0.2, 0) is 9.53 Å². The molecule has 0 spiro atoms. The van der Waals surface area contributed by atoms with E-state index >= 15 is 0 Å². The fourth-order valence-corrected chi connectivity index (χ4v) is 1.35. The smallest absolute Gasteiger partial charge is 0.379 e. The number of rotatable bonds is 0. The number of carbonyl (C=O) groups is 1. The lowest BCUT2D eigenvalue weighted by Crippen LogP contribution is -2.30. The number of ether oxygens (including phenoxy) is 1. The van der Waals surface area contributed by atoms with Crippen LogP contribution in [0.1, 0.15) is 6.42 Å². The van der Waals surface area contributed by atoms with Crippen molar-refractivity contribution in [3.63, 3.8) is 0 Å². The quantitative estimate of drug-likeness (QED) is 0.640. The van der Waals surface area contributed by atoms with Crippen LogP contribution in [0.5, 0.6) is 0 Å². The van der Waals surface area contributed by atoms with E-state index in [-0.39, 0.29) is 6.54 Å². The van der Waals surface area contributed by atoms with Gasteiger partial charge in [0.2, 0.25) is 5.91 Å². The molecule has 7 heteroatoms. The van der Waals surface area contributed by atoms with Gasteiger partial charge in [-0.1, -0.05) is 0 Å². The molecule has 0 aromatic carbocycles. The van der Waals surface area contributed by atoms with Gasteiger partial charge in [0.25, 0.3) is 0 Å². The summed E-state index contributed by atoms with van der Waals surface area (Å²) in [4.78, 5) is 10.3. The van der Waals surface area contributed by atoms with E-state index in [0.717, 1.165) is 26.3 Å². The third-order valence-corrected chi connectivity index (χ3v) is 2.29. The van der Waals surface area contributed by atoms with Crippen LogP contribution in [0.4, 0.5) is 13.2 Å². The Hall–Kier alpha value is -0.820. The maximum absolute atomic E-state index is 11.7. The van der Waals surface area contributed by atoms with Gasteiger partial charge in [0.05, 0.1) is 19.1 Å². The van der Waals surface area contributed by atoms with Crippen molar-refractivity contribution in [2.45, 2.75) is 12.6 Å². The average molecular weight is 240 g/mol. The van der Waals surface area contributed by atoms with E-state index < -0.39 is 24.4 Å². The fourth-order valence-electron chi connectivity index (χ4n) is 1.35. The number of morpholine rings is 1. The predicted octanol–water partition coefficient (Wildman–Crippen LogP) is 0.291. The van der Waals surface area contributed by atoms with E-state index in [1.54, 1.807) is 0 Å². The second-order valence-electron chi connectivity index (χ2n) is 3.61. The summed E-state index contributed by atoms with van der Waals surface area (Å²) in [6.07, 6.45) is -4.64. The van der Waals surface area contributed by atoms with E-state index in [2.05, 4.69) is 10.6 Å². The summed E-state index contributed by atoms with van der Waals surface area (Å²) >= 11 is 0. The first kappa shape index (κ1) is 13.2. The summed E-state index contributed by atoms with van der Waals surface area (Å²) in [5.41, 5.74) is 0. The molecular weight excluding hydrogens is 225 g/mol. The number of hydrogen-bond donors (Lipinski definition) is 2. The normalized spacial score (nSPS) is 25.7. The van der Waals surface area contributed by atoms with Crippen LogP contribution >= 0.6 is 0 Å². The molecule has 4 nitrogen and oxygen atoms in total. The molecule has 0 aromatic rings. The molecule has 1 atom stereocenters. The van der Waals surface area contributed by atoms with Crippen molar-refractivity contribution < 1.29 is 22.7 Å². The van der Waals surface area contributed by atoms with Crippen molar-refractivity contribution in [2.24, 2.45) is 5.92 Å². The van der Waals surface area contributed by atoms with Crippen LogP contribution in [0.15, 0.2) is 0 Å². The minimum absolute atomic E-state index is 0.262. The van der Waals surface area contributed by atoms with Crippen LogP contribution in [0, 0.1) is 5.92 Å². The van der Waals surface area contributed by atoms with Crippen LogP contribution in [0.2, 0.25) is 0 Å². The fraction of sp³-hybridized carbons (Fsp3) is 0.889. The van der Waals surface area contributed by atoms with Gasteiger partial charge in [-0.25, -0.2) is 0 Å². The van der Waals surface area contributed by atoms with Crippen molar-refractivity contribution in [2.75, 3.05) is 32.8 Å². The molecule has 2 rings (SSSR count). The second kappa shape index (κ2) is 6.05. The van der Waals surface area contributed by atoms with Crippen LogP contribution < -0.4 is 10.6 Å². The molecule has 2 aliphatic rings. The molecule has 0 aromatic heterocycles. The minimum atomic E-state index is -4.22. The standard InChI is InChI=1S/C5H6F3NO.C4H9NO/c6-5(7,8)3-1-4(10)9-2-3;1-3-6-4-2-5-1/h3H,1-2H2,(H,9,10);5H,1-4H2. The Morgan fingerprint density at radius 3 is 2.06 bits per heavy atom. The maximum atomic E-state index is 11.7. The van der Waals surface area contributed by atoms with Crippen molar-refractivity contribution in [3.05, 3.63) is 0 Å². The summed E-state index contributed by atoms with van der Waals surface area (Å²) in [5.74, 6) is -1.98. The number of halogens is 3. The van der Waals surface area contributed by atoms with E-state index in [1.807, 2.05) is 0 Å². The average Bonchev–Trinajstić information content (AvgIpc) is 2.68. The molecule has 2 aliphatic heterocycles. The van der Waals surface area contributed by atoms with Crippen LogP contribution in [0.25, 0.3) is 0 Å². The molecule has 2 saturated heterocycles. The summed E-state index contributed by atoms with van der Waals surface area (Å²) in [6.45, 7) is 3.57. The van der Waals surface area contributed by atoms with Gasteiger partial charge in [-0.05, 0) is 0 Å². The number of carbonyl (C=O) groups excluding carboxylic acids is 1. The largest absolute Gasteiger partial charge is 0.393 e. The van der Waals surface area contributed by atoms with Gasteiger partial charge in [0, 0.05) is 26.1 Å². The van der Waals surface area contributed by atoms with Gasteiger partial charge >= 0.3 is 6.18 Å². The molecule has 94 valence electrons. The number of alkyl halides is 3. The van der Waals surface area contributed by atoms with E-state index in [9.17, 15) is 18.0 Å². The minimum Gasteiger partial charge on any atom is -0.379 e. The van der Waals surface area contributed by atoms with Gasteiger partial charge < -0.3 is 15.4 Å². The predicted molar refractivity (Wildman–Crippen MR) is 50.9 cm³/mol. The van der Waals surface area contributed by atoms with Crippen molar-refractivity contribution in [3.8, 4) is 0 Å². The lowest BCUT2D eigenvalue weighted by Gasteiger charge is -2.10. The highest BCUT2D eigenvalue weighted by Crippen LogP contribution is 2.30. The molecule has 2 heterocycles. The summed E-state index contributed by atoms with van der Waals surface area (Å²) in [6, 6.07) is 0. The SMILES string of the molecule is C1COCCN1.O=C1CC(C(F)(F)F)CN1. The Morgan fingerprint density at radius 1 is 1.25 bits per heavy atom. The first-order valence-corrected chi connectivity index (χ1v) is 5.12. The van der Waals surface area contributed by atoms with Crippen molar-refractivity contribution >= 4 is 5.91 Å². The van der Waals surface area contributed by atoms with Gasteiger partial charge in [-0.15, -0.1) is 0 Å². The number of hydrogen-bond acceptors (Lipinski definition) is 3. The Balaban J connectivity index is 0.000000181. The molecule has 1 unspecified atom stereocenters. The third kappa shape index (κ3) is 4.80. The van der Waals surface area contributed by atoms with Gasteiger partial charge in [0.1, 0.15) is 0 Å². The Kier molecular flexibility index (Phi) is 5.01. The van der Waals surface area contributed by atoms with Gasteiger partial charge in [0.15, 0.2) is 0 Å².